The molecule has 0 unspecified atom stereocenters. The molecule has 0 amide bonds. The number of para-hydroxylation sites is 1. The van der Waals surface area contributed by atoms with Crippen molar-refractivity contribution in [2.45, 2.75) is 0 Å². The third-order valence-electron chi connectivity index (χ3n) is 4.29. The Morgan fingerprint density at radius 2 is 1.22 bits per heavy atom. The van der Waals surface area contributed by atoms with Crippen molar-refractivity contribution in [3.05, 3.63) is 54.6 Å². The Kier molecular flexibility index (Phi) is 2.43. The van der Waals surface area contributed by atoms with Crippen molar-refractivity contribution in [1.82, 2.24) is 0 Å². The van der Waals surface area contributed by atoms with Crippen molar-refractivity contribution in [2.75, 3.05) is 0 Å². The van der Waals surface area contributed by atoms with Gasteiger partial charge in [-0.1, -0.05) is 30.3 Å². The summed E-state index contributed by atoms with van der Waals surface area (Å²) in [6, 6.07) is 17.0. The molecule has 5 rings (SSSR count). The molecule has 0 saturated heterocycles. The summed E-state index contributed by atoms with van der Waals surface area (Å²) in [6.45, 7) is 0. The van der Waals surface area contributed by atoms with E-state index >= 15 is 0 Å². The maximum atomic E-state index is 9.30. The van der Waals surface area contributed by atoms with E-state index in [2.05, 4.69) is 0 Å². The molecule has 0 fully saturated rings. The van der Waals surface area contributed by atoms with Gasteiger partial charge in [-0.05, 0) is 29.7 Å². The van der Waals surface area contributed by atoms with Crippen LogP contribution in [0.2, 0.25) is 0 Å². The van der Waals surface area contributed by atoms with Crippen molar-refractivity contribution in [2.24, 2.45) is 0 Å². The molecular formula is C18H11BO4. The molecule has 2 heterocycles. The number of rotatable bonds is 1. The summed E-state index contributed by atoms with van der Waals surface area (Å²) in [5.41, 5.74) is 3.45. The van der Waals surface area contributed by atoms with Gasteiger partial charge in [-0.25, -0.2) is 0 Å². The second-order valence-electron chi connectivity index (χ2n) is 5.67. The highest BCUT2D eigenvalue weighted by atomic mass is 16.4. The first-order valence-corrected chi connectivity index (χ1v) is 7.34. The van der Waals surface area contributed by atoms with Crippen LogP contribution in [0.1, 0.15) is 0 Å². The SMILES string of the molecule is OB(O)c1ccc2c(c1)oc1cc3c(cc12)oc1ccccc13. The van der Waals surface area contributed by atoms with Crippen LogP contribution in [0.5, 0.6) is 0 Å². The Balaban J connectivity index is 1.89. The second kappa shape index (κ2) is 4.38. The van der Waals surface area contributed by atoms with Gasteiger partial charge in [0, 0.05) is 21.5 Å². The third-order valence-corrected chi connectivity index (χ3v) is 4.29. The Labute approximate surface area is 130 Å². The van der Waals surface area contributed by atoms with Gasteiger partial charge in [0.15, 0.2) is 0 Å². The molecule has 4 nitrogen and oxygen atoms in total. The van der Waals surface area contributed by atoms with Crippen LogP contribution in [0, 0.1) is 0 Å². The number of hydrogen-bond acceptors (Lipinski definition) is 4. The number of hydrogen-bond donors (Lipinski definition) is 2. The standard InChI is InChI=1S/C18H11BO4/c20-19(21)10-5-6-12-14-9-17-13(8-18(14)23-16(12)7-10)11-3-1-2-4-15(11)22-17/h1-9,20-21H. The zero-order valence-corrected chi connectivity index (χ0v) is 12.0. The van der Waals surface area contributed by atoms with Crippen LogP contribution in [-0.4, -0.2) is 17.2 Å². The highest BCUT2D eigenvalue weighted by Gasteiger charge is 2.16. The van der Waals surface area contributed by atoms with Crippen molar-refractivity contribution in [3.63, 3.8) is 0 Å². The molecule has 0 aliphatic carbocycles. The molecule has 0 radical (unpaired) electrons. The van der Waals surface area contributed by atoms with E-state index in [4.69, 9.17) is 8.83 Å². The Morgan fingerprint density at radius 1 is 0.609 bits per heavy atom. The first kappa shape index (κ1) is 12.8. The van der Waals surface area contributed by atoms with Gasteiger partial charge in [-0.3, -0.25) is 0 Å². The van der Waals surface area contributed by atoms with Crippen molar-refractivity contribution in [3.8, 4) is 0 Å². The van der Waals surface area contributed by atoms with E-state index in [1.54, 1.807) is 12.1 Å². The molecule has 0 bridgehead atoms. The first-order valence-electron chi connectivity index (χ1n) is 7.34. The van der Waals surface area contributed by atoms with Crippen LogP contribution < -0.4 is 5.46 Å². The summed E-state index contributed by atoms with van der Waals surface area (Å²) in [4.78, 5) is 0. The van der Waals surface area contributed by atoms with Gasteiger partial charge in [0.05, 0.1) is 0 Å². The molecule has 110 valence electrons. The maximum absolute atomic E-state index is 9.30. The highest BCUT2D eigenvalue weighted by molar-refractivity contribution is 6.58. The van der Waals surface area contributed by atoms with Gasteiger partial charge in [0.25, 0.3) is 0 Å². The van der Waals surface area contributed by atoms with Gasteiger partial charge < -0.3 is 18.9 Å². The molecule has 2 aromatic heterocycles. The maximum Gasteiger partial charge on any atom is 0.488 e. The second-order valence-corrected chi connectivity index (χ2v) is 5.67. The molecule has 0 atom stereocenters. The fraction of sp³-hybridized carbons (Fsp3) is 0. The van der Waals surface area contributed by atoms with Crippen LogP contribution in [0.25, 0.3) is 43.9 Å². The fourth-order valence-electron chi connectivity index (χ4n) is 3.17. The average molecular weight is 302 g/mol. The smallest absolute Gasteiger partial charge is 0.456 e. The van der Waals surface area contributed by atoms with E-state index < -0.39 is 7.12 Å². The molecule has 2 N–H and O–H groups in total. The third kappa shape index (κ3) is 1.75. The highest BCUT2D eigenvalue weighted by Crippen LogP contribution is 2.36. The number of benzene rings is 3. The van der Waals surface area contributed by atoms with Gasteiger partial charge in [0.1, 0.15) is 22.3 Å². The Bertz CT molecular complexity index is 1200. The quantitative estimate of drug-likeness (QED) is 0.467. The monoisotopic (exact) mass is 302 g/mol. The summed E-state index contributed by atoms with van der Waals surface area (Å²) < 4.78 is 11.8. The molecule has 23 heavy (non-hydrogen) atoms. The minimum Gasteiger partial charge on any atom is -0.456 e. The van der Waals surface area contributed by atoms with Crippen molar-refractivity contribution < 1.29 is 18.9 Å². The first-order chi connectivity index (χ1) is 11.2. The Morgan fingerprint density at radius 3 is 1.96 bits per heavy atom. The predicted molar refractivity (Wildman–Crippen MR) is 90.8 cm³/mol. The zero-order valence-electron chi connectivity index (χ0n) is 12.0. The van der Waals surface area contributed by atoms with Crippen molar-refractivity contribution >= 4 is 56.5 Å². The summed E-state index contributed by atoms with van der Waals surface area (Å²) in [5, 5.41) is 22.5. The largest absolute Gasteiger partial charge is 0.488 e. The summed E-state index contributed by atoms with van der Waals surface area (Å²) in [7, 11) is -1.51. The van der Waals surface area contributed by atoms with Gasteiger partial charge >= 0.3 is 7.12 Å². The molecule has 5 heteroatoms. The lowest BCUT2D eigenvalue weighted by Gasteiger charge is -1.97. The molecule has 0 aliphatic heterocycles. The van der Waals surface area contributed by atoms with E-state index in [-0.39, 0.29) is 0 Å². The number of furan rings is 2. The lowest BCUT2D eigenvalue weighted by molar-refractivity contribution is 0.425. The minimum absolute atomic E-state index is 0.408. The summed E-state index contributed by atoms with van der Waals surface area (Å²) in [6.07, 6.45) is 0. The van der Waals surface area contributed by atoms with Gasteiger partial charge in [0.2, 0.25) is 0 Å². The molecule has 0 aliphatic rings. The molecular weight excluding hydrogens is 291 g/mol. The van der Waals surface area contributed by atoms with E-state index in [1.807, 2.05) is 42.5 Å². The lowest BCUT2D eigenvalue weighted by atomic mass is 9.80. The molecule has 0 saturated carbocycles. The van der Waals surface area contributed by atoms with Crippen LogP contribution in [0.15, 0.2) is 63.4 Å². The molecule has 5 aromatic rings. The van der Waals surface area contributed by atoms with E-state index in [0.29, 0.717) is 11.0 Å². The van der Waals surface area contributed by atoms with Crippen LogP contribution >= 0.6 is 0 Å². The van der Waals surface area contributed by atoms with Crippen LogP contribution in [0.3, 0.4) is 0 Å². The van der Waals surface area contributed by atoms with Gasteiger partial charge in [-0.2, -0.15) is 0 Å². The summed E-state index contributed by atoms with van der Waals surface area (Å²) >= 11 is 0. The topological polar surface area (TPSA) is 66.7 Å². The van der Waals surface area contributed by atoms with Crippen LogP contribution in [0.4, 0.5) is 0 Å². The Hall–Kier alpha value is -2.76. The van der Waals surface area contributed by atoms with E-state index in [1.165, 1.54) is 0 Å². The van der Waals surface area contributed by atoms with E-state index in [9.17, 15) is 10.0 Å². The van der Waals surface area contributed by atoms with Crippen LogP contribution in [-0.2, 0) is 0 Å². The fourth-order valence-corrected chi connectivity index (χ4v) is 3.17. The zero-order chi connectivity index (χ0) is 15.6. The summed E-state index contributed by atoms with van der Waals surface area (Å²) in [5.74, 6) is 0. The normalized spacial score (nSPS) is 11.9. The average Bonchev–Trinajstić information content (AvgIpc) is 3.09. The minimum atomic E-state index is -1.51. The number of fused-ring (bicyclic) bond motifs is 6. The lowest BCUT2D eigenvalue weighted by Crippen LogP contribution is -2.29. The van der Waals surface area contributed by atoms with Gasteiger partial charge in [-0.15, -0.1) is 0 Å². The van der Waals surface area contributed by atoms with E-state index in [0.717, 1.165) is 38.3 Å². The predicted octanol–water partition coefficient (Wildman–Crippen LogP) is 3.17. The molecule has 3 aromatic carbocycles. The van der Waals surface area contributed by atoms with Crippen molar-refractivity contribution in [1.29, 1.82) is 0 Å². The molecule has 0 spiro atoms.